The Morgan fingerprint density at radius 2 is 2.14 bits per heavy atom. The molecule has 0 bridgehead atoms. The molecule has 0 saturated heterocycles. The largest absolute Gasteiger partial charge is 0.496 e. The smallest absolute Gasteiger partial charge is 0.220 e. The Kier molecular flexibility index (Phi) is 6.22. The minimum Gasteiger partial charge on any atom is -0.496 e. The second-order valence-corrected chi connectivity index (χ2v) is 5.28. The van der Waals surface area contributed by atoms with Crippen molar-refractivity contribution in [3.05, 3.63) is 58.9 Å². The van der Waals surface area contributed by atoms with E-state index in [-0.39, 0.29) is 5.91 Å². The first kappa shape index (κ1) is 16.3. The minimum atomic E-state index is -0.00194. The van der Waals surface area contributed by atoms with Crippen molar-refractivity contribution < 1.29 is 9.53 Å². The van der Waals surface area contributed by atoms with Crippen LogP contribution in [-0.4, -0.2) is 18.0 Å². The third-order valence-corrected chi connectivity index (χ3v) is 3.68. The van der Waals surface area contributed by atoms with Crippen LogP contribution in [0.4, 0.5) is 0 Å². The molecule has 116 valence electrons. The Balaban J connectivity index is 1.78. The van der Waals surface area contributed by atoms with Crippen LogP contribution >= 0.6 is 11.6 Å². The van der Waals surface area contributed by atoms with E-state index >= 15 is 0 Å². The van der Waals surface area contributed by atoms with Gasteiger partial charge < -0.3 is 10.1 Å². The predicted molar refractivity (Wildman–Crippen MR) is 87.0 cm³/mol. The molecule has 0 aliphatic rings. The molecule has 0 aliphatic carbocycles. The fourth-order valence-corrected chi connectivity index (χ4v) is 2.39. The van der Waals surface area contributed by atoms with E-state index in [1.54, 1.807) is 19.4 Å². The van der Waals surface area contributed by atoms with Gasteiger partial charge in [0.05, 0.1) is 7.11 Å². The standard InChI is InChI=1S/C17H19ClN2O2/c1-22-16-9-5-8-15(18)14(16)12-20-17(21)10-4-7-13-6-2-3-11-19-13/h2-3,5-6,8-9,11H,4,7,10,12H2,1H3,(H,20,21). The third-order valence-electron chi connectivity index (χ3n) is 3.32. The highest BCUT2D eigenvalue weighted by Crippen LogP contribution is 2.25. The minimum absolute atomic E-state index is 0.00194. The number of nitrogens with zero attached hydrogens (tertiary/aromatic N) is 1. The van der Waals surface area contributed by atoms with Gasteiger partial charge in [0.25, 0.3) is 0 Å². The van der Waals surface area contributed by atoms with E-state index in [9.17, 15) is 4.79 Å². The van der Waals surface area contributed by atoms with Crippen molar-refractivity contribution >= 4 is 17.5 Å². The van der Waals surface area contributed by atoms with Gasteiger partial charge in [0.1, 0.15) is 5.75 Å². The normalized spacial score (nSPS) is 10.3. The number of aryl methyl sites for hydroxylation is 1. The number of carbonyl (C=O) groups is 1. The van der Waals surface area contributed by atoms with Gasteiger partial charge in [-0.2, -0.15) is 0 Å². The SMILES string of the molecule is COc1cccc(Cl)c1CNC(=O)CCCc1ccccn1. The maximum absolute atomic E-state index is 11.9. The number of halogens is 1. The van der Waals surface area contributed by atoms with Crippen molar-refractivity contribution in [2.45, 2.75) is 25.8 Å². The molecule has 1 heterocycles. The topological polar surface area (TPSA) is 51.2 Å². The van der Waals surface area contributed by atoms with Gasteiger partial charge in [-0.1, -0.05) is 23.7 Å². The lowest BCUT2D eigenvalue weighted by Crippen LogP contribution is -2.23. The maximum Gasteiger partial charge on any atom is 0.220 e. The van der Waals surface area contributed by atoms with Crippen molar-refractivity contribution in [2.24, 2.45) is 0 Å². The zero-order valence-corrected chi connectivity index (χ0v) is 13.3. The molecule has 5 heteroatoms. The van der Waals surface area contributed by atoms with Gasteiger partial charge in [0, 0.05) is 35.4 Å². The van der Waals surface area contributed by atoms with Gasteiger partial charge in [-0.3, -0.25) is 9.78 Å². The van der Waals surface area contributed by atoms with E-state index in [0.717, 1.165) is 24.1 Å². The molecule has 1 aromatic heterocycles. The van der Waals surface area contributed by atoms with Crippen molar-refractivity contribution in [1.82, 2.24) is 10.3 Å². The third kappa shape index (κ3) is 4.74. The number of hydrogen-bond donors (Lipinski definition) is 1. The molecule has 2 aromatic rings. The highest BCUT2D eigenvalue weighted by Gasteiger charge is 2.09. The van der Waals surface area contributed by atoms with Crippen LogP contribution < -0.4 is 10.1 Å². The fourth-order valence-electron chi connectivity index (χ4n) is 2.15. The molecule has 4 nitrogen and oxygen atoms in total. The van der Waals surface area contributed by atoms with Crippen LogP contribution in [0.2, 0.25) is 5.02 Å². The number of rotatable bonds is 7. The number of ether oxygens (including phenoxy) is 1. The summed E-state index contributed by atoms with van der Waals surface area (Å²) >= 11 is 6.14. The second kappa shape index (κ2) is 8.39. The van der Waals surface area contributed by atoms with Gasteiger partial charge in [-0.05, 0) is 37.1 Å². The monoisotopic (exact) mass is 318 g/mol. The first-order chi connectivity index (χ1) is 10.7. The molecule has 1 amide bonds. The average molecular weight is 319 g/mol. The summed E-state index contributed by atoms with van der Waals surface area (Å²) in [5, 5.41) is 3.47. The van der Waals surface area contributed by atoms with Gasteiger partial charge in [0.2, 0.25) is 5.91 Å². The quantitative estimate of drug-likeness (QED) is 0.851. The van der Waals surface area contributed by atoms with Crippen LogP contribution in [0.3, 0.4) is 0 Å². The maximum atomic E-state index is 11.9. The van der Waals surface area contributed by atoms with Crippen LogP contribution in [0.15, 0.2) is 42.6 Å². The van der Waals surface area contributed by atoms with Crippen LogP contribution in [0.25, 0.3) is 0 Å². The van der Waals surface area contributed by atoms with E-state index < -0.39 is 0 Å². The second-order valence-electron chi connectivity index (χ2n) is 4.87. The summed E-state index contributed by atoms with van der Waals surface area (Å²) in [6.45, 7) is 0.366. The van der Waals surface area contributed by atoms with Crippen LogP contribution in [0.5, 0.6) is 5.75 Å². The Hall–Kier alpha value is -2.07. The fraction of sp³-hybridized carbons (Fsp3) is 0.294. The summed E-state index contributed by atoms with van der Waals surface area (Å²) in [6, 6.07) is 11.2. The summed E-state index contributed by atoms with van der Waals surface area (Å²) in [6.07, 6.45) is 3.79. The summed E-state index contributed by atoms with van der Waals surface area (Å²) in [5.74, 6) is 0.680. The Morgan fingerprint density at radius 1 is 1.27 bits per heavy atom. The van der Waals surface area contributed by atoms with Gasteiger partial charge in [0.15, 0.2) is 0 Å². The number of nitrogens with one attached hydrogen (secondary N) is 1. The number of methoxy groups -OCH3 is 1. The average Bonchev–Trinajstić information content (AvgIpc) is 2.54. The molecular weight excluding hydrogens is 300 g/mol. The molecule has 1 N–H and O–H groups in total. The van der Waals surface area contributed by atoms with Crippen molar-refractivity contribution in [3.63, 3.8) is 0 Å². The number of pyridine rings is 1. The summed E-state index contributed by atoms with van der Waals surface area (Å²) in [7, 11) is 1.59. The van der Waals surface area contributed by atoms with E-state index in [4.69, 9.17) is 16.3 Å². The van der Waals surface area contributed by atoms with Crippen LogP contribution in [0.1, 0.15) is 24.1 Å². The molecule has 0 spiro atoms. The zero-order chi connectivity index (χ0) is 15.8. The van der Waals surface area contributed by atoms with Gasteiger partial charge in [-0.15, -0.1) is 0 Å². The van der Waals surface area contributed by atoms with E-state index in [2.05, 4.69) is 10.3 Å². The van der Waals surface area contributed by atoms with E-state index in [1.165, 1.54) is 0 Å². The first-order valence-corrected chi connectivity index (χ1v) is 7.56. The Labute approximate surface area is 135 Å². The first-order valence-electron chi connectivity index (χ1n) is 7.18. The van der Waals surface area contributed by atoms with Crippen LogP contribution in [-0.2, 0) is 17.8 Å². The van der Waals surface area contributed by atoms with Gasteiger partial charge >= 0.3 is 0 Å². The molecule has 22 heavy (non-hydrogen) atoms. The summed E-state index contributed by atoms with van der Waals surface area (Å²) in [5.41, 5.74) is 1.80. The molecule has 2 rings (SSSR count). The lowest BCUT2D eigenvalue weighted by Gasteiger charge is -2.11. The molecule has 0 saturated carbocycles. The van der Waals surface area contributed by atoms with E-state index in [1.807, 2.05) is 30.3 Å². The van der Waals surface area contributed by atoms with E-state index in [0.29, 0.717) is 23.7 Å². The Morgan fingerprint density at radius 3 is 2.86 bits per heavy atom. The van der Waals surface area contributed by atoms with Crippen molar-refractivity contribution in [2.75, 3.05) is 7.11 Å². The zero-order valence-electron chi connectivity index (χ0n) is 12.5. The lowest BCUT2D eigenvalue weighted by molar-refractivity contribution is -0.121. The lowest BCUT2D eigenvalue weighted by atomic mass is 10.1. The molecule has 0 aliphatic heterocycles. The number of aromatic nitrogens is 1. The van der Waals surface area contributed by atoms with Crippen molar-refractivity contribution in [3.8, 4) is 5.75 Å². The number of benzene rings is 1. The van der Waals surface area contributed by atoms with Crippen molar-refractivity contribution in [1.29, 1.82) is 0 Å². The van der Waals surface area contributed by atoms with Crippen LogP contribution in [0, 0.1) is 0 Å². The molecule has 0 atom stereocenters. The van der Waals surface area contributed by atoms with Gasteiger partial charge in [-0.25, -0.2) is 0 Å². The molecule has 0 fully saturated rings. The number of amides is 1. The summed E-state index contributed by atoms with van der Waals surface area (Å²) in [4.78, 5) is 16.1. The summed E-state index contributed by atoms with van der Waals surface area (Å²) < 4.78 is 5.25. The highest BCUT2D eigenvalue weighted by molar-refractivity contribution is 6.31. The number of hydrogen-bond acceptors (Lipinski definition) is 3. The number of carbonyl (C=O) groups excluding carboxylic acids is 1. The highest BCUT2D eigenvalue weighted by atomic mass is 35.5. The molecule has 0 radical (unpaired) electrons. The predicted octanol–water partition coefficient (Wildman–Crippen LogP) is 3.38. The molecule has 0 unspecified atom stereocenters. The molecule has 1 aromatic carbocycles. The molecular formula is C17H19ClN2O2. The Bertz CT molecular complexity index is 617.